The number of hydrogen-bond acceptors (Lipinski definition) is 8. The van der Waals surface area contributed by atoms with Crippen LogP contribution in [-0.4, -0.2) is 49.6 Å². The number of hydrogen-bond donors (Lipinski definition) is 3. The number of H-pyrrole nitrogens is 1. The minimum Gasteiger partial charge on any atom is -0.480 e. The van der Waals surface area contributed by atoms with Crippen LogP contribution in [0.25, 0.3) is 10.9 Å². The van der Waals surface area contributed by atoms with E-state index in [9.17, 15) is 42.8 Å². The fourth-order valence-electron chi connectivity index (χ4n) is 6.13. The second-order valence-electron chi connectivity index (χ2n) is 10.3. The number of rotatable bonds is 8. The van der Waals surface area contributed by atoms with Gasteiger partial charge in [0.1, 0.15) is 22.0 Å². The molecule has 2 aromatic heterocycles. The Bertz CT molecular complexity index is 1780. The van der Waals surface area contributed by atoms with Gasteiger partial charge < -0.3 is 19.2 Å². The predicted octanol–water partition coefficient (Wildman–Crippen LogP) is 4.08. The third kappa shape index (κ3) is 4.76. The van der Waals surface area contributed by atoms with Crippen LogP contribution in [0.1, 0.15) is 22.9 Å². The average Bonchev–Trinajstić information content (AvgIpc) is 3.71. The molecule has 0 radical (unpaired) electrons. The number of ether oxygens (including phenoxy) is 1. The quantitative estimate of drug-likeness (QED) is 0.154. The molecule has 2 aromatic carbocycles. The summed E-state index contributed by atoms with van der Waals surface area (Å²) in [6.45, 7) is -0.509. The van der Waals surface area contributed by atoms with Gasteiger partial charge in [-0.15, -0.1) is 13.2 Å². The number of aromatic amines is 1. The van der Waals surface area contributed by atoms with Gasteiger partial charge in [-0.05, 0) is 35.4 Å². The van der Waals surface area contributed by atoms with Gasteiger partial charge in [-0.25, -0.2) is 0 Å². The molecule has 2 aliphatic heterocycles. The van der Waals surface area contributed by atoms with Gasteiger partial charge in [-0.2, -0.15) is 0 Å². The van der Waals surface area contributed by atoms with Crippen molar-refractivity contribution in [3.8, 4) is 5.75 Å². The molecule has 12 nitrogen and oxygen atoms in total. The summed E-state index contributed by atoms with van der Waals surface area (Å²) in [7, 11) is 0. The largest absolute Gasteiger partial charge is 0.573 e. The lowest BCUT2D eigenvalue weighted by Gasteiger charge is -2.31. The van der Waals surface area contributed by atoms with Crippen molar-refractivity contribution in [1.29, 1.82) is 0 Å². The fourth-order valence-corrected chi connectivity index (χ4v) is 6.13. The highest BCUT2D eigenvalue weighted by Gasteiger charge is 2.68. The Labute approximate surface area is 239 Å². The minimum absolute atomic E-state index is 0.0870. The standard InChI is InChI=1S/C28H21F3N4O8/c29-28(30,31)43-16-5-3-4-14(10-16)23-21-22(25(37)34(24(21)36)13-17-8-9-20(42-17)35(40)41)27(33-23,26(38)39)11-15-12-32-19-7-2-1-6-18(15)19/h1-10,12,21-23,32-33H,11,13H2,(H,38,39). The van der Waals surface area contributed by atoms with E-state index in [4.69, 9.17) is 4.42 Å². The normalized spacial score (nSPS) is 23.6. The van der Waals surface area contributed by atoms with E-state index in [1.165, 1.54) is 18.2 Å². The smallest absolute Gasteiger partial charge is 0.480 e. The topological polar surface area (TPSA) is 168 Å². The highest BCUT2D eigenvalue weighted by Crippen LogP contribution is 2.51. The summed E-state index contributed by atoms with van der Waals surface area (Å²) in [5.41, 5.74) is -0.747. The average molecular weight is 598 g/mol. The molecule has 0 aliphatic carbocycles. The second-order valence-corrected chi connectivity index (χ2v) is 10.3. The minimum atomic E-state index is -5.01. The van der Waals surface area contributed by atoms with Crippen LogP contribution >= 0.6 is 0 Å². The Morgan fingerprint density at radius 3 is 2.58 bits per heavy atom. The molecule has 0 spiro atoms. The summed E-state index contributed by atoms with van der Waals surface area (Å²) in [6.07, 6.45) is -3.67. The molecule has 43 heavy (non-hydrogen) atoms. The number of nitro groups is 1. The van der Waals surface area contributed by atoms with E-state index in [1.54, 1.807) is 30.5 Å². The number of alkyl halides is 3. The number of fused-ring (bicyclic) bond motifs is 2. The van der Waals surface area contributed by atoms with Crippen LogP contribution in [0, 0.1) is 22.0 Å². The zero-order chi connectivity index (χ0) is 30.7. The van der Waals surface area contributed by atoms with Crippen molar-refractivity contribution in [2.24, 2.45) is 11.8 Å². The van der Waals surface area contributed by atoms with Crippen molar-refractivity contribution in [1.82, 2.24) is 15.2 Å². The fraction of sp³-hybridized carbons (Fsp3) is 0.250. The Hall–Kier alpha value is -5.18. The first-order chi connectivity index (χ1) is 20.4. The zero-order valence-electron chi connectivity index (χ0n) is 21.8. The lowest BCUT2D eigenvalue weighted by atomic mass is 9.76. The number of likely N-dealkylation sites (tertiary alicyclic amines) is 1. The lowest BCUT2D eigenvalue weighted by molar-refractivity contribution is -0.402. The maximum Gasteiger partial charge on any atom is 0.573 e. The van der Waals surface area contributed by atoms with E-state index in [-0.39, 0.29) is 17.7 Å². The SMILES string of the molecule is O=C1C2C(c3cccc(OC(F)(F)F)c3)NC(Cc3c[nH]c4ccccc34)(C(=O)O)C2C(=O)N1Cc1ccc([N+](=O)[O-])o1. The summed E-state index contributed by atoms with van der Waals surface area (Å²) in [4.78, 5) is 55.0. The Balaban J connectivity index is 1.44. The molecule has 4 unspecified atom stereocenters. The number of aromatic nitrogens is 1. The number of imide groups is 1. The van der Waals surface area contributed by atoms with Gasteiger partial charge >= 0.3 is 18.2 Å². The number of aliphatic carboxylic acids is 1. The molecule has 4 heterocycles. The molecule has 222 valence electrons. The number of carboxylic acids is 1. The van der Waals surface area contributed by atoms with E-state index in [0.29, 0.717) is 16.5 Å². The summed E-state index contributed by atoms with van der Waals surface area (Å²) >= 11 is 0. The molecule has 2 amide bonds. The molecule has 4 aromatic rings. The molecule has 4 atom stereocenters. The first-order valence-corrected chi connectivity index (χ1v) is 12.9. The number of halogens is 3. The molecular formula is C28H21F3N4O8. The van der Waals surface area contributed by atoms with Crippen molar-refractivity contribution in [2.45, 2.75) is 30.9 Å². The first kappa shape index (κ1) is 28.0. The molecule has 2 saturated heterocycles. The zero-order valence-corrected chi connectivity index (χ0v) is 21.8. The number of benzene rings is 2. The van der Waals surface area contributed by atoms with Gasteiger partial charge in [0, 0.05) is 29.6 Å². The third-order valence-electron chi connectivity index (χ3n) is 7.86. The molecule has 2 fully saturated rings. The maximum absolute atomic E-state index is 13.9. The van der Waals surface area contributed by atoms with Crippen molar-refractivity contribution in [3.63, 3.8) is 0 Å². The first-order valence-electron chi connectivity index (χ1n) is 12.9. The van der Waals surface area contributed by atoms with Crippen LogP contribution in [0.5, 0.6) is 5.75 Å². The van der Waals surface area contributed by atoms with Gasteiger partial charge in [-0.3, -0.25) is 34.7 Å². The monoisotopic (exact) mass is 598 g/mol. The second kappa shape index (κ2) is 9.97. The number of nitrogens with zero attached hydrogens (tertiary/aromatic N) is 2. The molecule has 2 aliphatic rings. The van der Waals surface area contributed by atoms with Crippen LogP contribution in [0.2, 0.25) is 0 Å². The highest BCUT2D eigenvalue weighted by molar-refractivity contribution is 6.09. The highest BCUT2D eigenvalue weighted by atomic mass is 19.4. The van der Waals surface area contributed by atoms with Crippen LogP contribution in [0.15, 0.2) is 71.3 Å². The number of carboxylic acid groups (broad SMARTS) is 1. The maximum atomic E-state index is 13.9. The Morgan fingerprint density at radius 1 is 1.12 bits per heavy atom. The van der Waals surface area contributed by atoms with E-state index >= 15 is 0 Å². The van der Waals surface area contributed by atoms with Crippen molar-refractivity contribution in [2.75, 3.05) is 0 Å². The lowest BCUT2D eigenvalue weighted by Crippen LogP contribution is -2.57. The summed E-state index contributed by atoms with van der Waals surface area (Å²) in [6, 6.07) is 12.9. The van der Waals surface area contributed by atoms with Crippen molar-refractivity contribution in [3.05, 3.63) is 93.9 Å². The van der Waals surface area contributed by atoms with E-state index in [1.807, 2.05) is 0 Å². The summed E-state index contributed by atoms with van der Waals surface area (Å²) in [5, 5.41) is 25.4. The molecule has 0 bridgehead atoms. The van der Waals surface area contributed by atoms with E-state index in [0.717, 1.165) is 23.1 Å². The van der Waals surface area contributed by atoms with E-state index in [2.05, 4.69) is 15.0 Å². The number of amides is 2. The van der Waals surface area contributed by atoms with Crippen LogP contribution in [-0.2, 0) is 27.3 Å². The van der Waals surface area contributed by atoms with Gasteiger partial charge in [0.25, 0.3) is 0 Å². The summed E-state index contributed by atoms with van der Waals surface area (Å²) < 4.78 is 48.1. The number of para-hydroxylation sites is 1. The number of carbonyl (C=O) groups excluding carboxylic acids is 2. The van der Waals surface area contributed by atoms with Gasteiger partial charge in [0.05, 0.1) is 24.4 Å². The summed E-state index contributed by atoms with van der Waals surface area (Å²) in [5.74, 6) is -7.26. The molecule has 6 rings (SSSR count). The molecule has 3 N–H and O–H groups in total. The number of nitrogens with one attached hydrogen (secondary N) is 2. The number of carbonyl (C=O) groups is 3. The molecule has 0 saturated carbocycles. The predicted molar refractivity (Wildman–Crippen MR) is 139 cm³/mol. The van der Waals surface area contributed by atoms with Crippen molar-refractivity contribution >= 4 is 34.6 Å². The van der Waals surface area contributed by atoms with Crippen LogP contribution < -0.4 is 10.1 Å². The van der Waals surface area contributed by atoms with Crippen LogP contribution in [0.3, 0.4) is 0 Å². The molecular weight excluding hydrogens is 577 g/mol. The Kier molecular flexibility index (Phi) is 6.49. The van der Waals surface area contributed by atoms with Gasteiger partial charge in [0.15, 0.2) is 0 Å². The van der Waals surface area contributed by atoms with Crippen LogP contribution in [0.4, 0.5) is 19.1 Å². The number of furan rings is 1. The van der Waals surface area contributed by atoms with Gasteiger partial charge in [0.2, 0.25) is 11.8 Å². The van der Waals surface area contributed by atoms with E-state index < -0.39 is 70.7 Å². The van der Waals surface area contributed by atoms with Crippen molar-refractivity contribution < 1.29 is 46.7 Å². The third-order valence-corrected chi connectivity index (χ3v) is 7.86. The van der Waals surface area contributed by atoms with Gasteiger partial charge in [-0.1, -0.05) is 30.3 Å². The Morgan fingerprint density at radius 2 is 1.88 bits per heavy atom. The molecule has 15 heteroatoms.